The summed E-state index contributed by atoms with van der Waals surface area (Å²) >= 11 is 11.5. The number of rotatable bonds is 3. The average Bonchev–Trinajstić information content (AvgIpc) is 2.09. The summed E-state index contributed by atoms with van der Waals surface area (Å²) in [4.78, 5) is 9.94. The van der Waals surface area contributed by atoms with E-state index in [0.29, 0.717) is 5.75 Å². The van der Waals surface area contributed by atoms with Gasteiger partial charge in [0.15, 0.2) is 0 Å². The zero-order chi connectivity index (χ0) is 11.6. The summed E-state index contributed by atoms with van der Waals surface area (Å²) in [6.07, 6.45) is -0.0694. The lowest BCUT2D eigenvalue weighted by molar-refractivity contribution is -0.384. The zero-order valence-electron chi connectivity index (χ0n) is 8.16. The third-order valence-electron chi connectivity index (χ3n) is 1.56. The van der Waals surface area contributed by atoms with E-state index in [-0.39, 0.29) is 21.8 Å². The van der Waals surface area contributed by atoms with E-state index in [9.17, 15) is 10.1 Å². The van der Waals surface area contributed by atoms with E-state index < -0.39 is 4.92 Å². The van der Waals surface area contributed by atoms with E-state index in [0.717, 1.165) is 0 Å². The Morgan fingerprint density at radius 3 is 2.40 bits per heavy atom. The van der Waals surface area contributed by atoms with E-state index in [2.05, 4.69) is 0 Å². The van der Waals surface area contributed by atoms with Crippen molar-refractivity contribution in [3.8, 4) is 5.75 Å². The quantitative estimate of drug-likeness (QED) is 0.607. The first kappa shape index (κ1) is 12.1. The molecule has 0 saturated carbocycles. The van der Waals surface area contributed by atoms with Crippen LogP contribution in [0.25, 0.3) is 0 Å². The number of hydrogen-bond donors (Lipinski definition) is 0. The summed E-state index contributed by atoms with van der Waals surface area (Å²) in [6.45, 7) is 3.65. The maximum atomic E-state index is 10.5. The molecule has 0 atom stereocenters. The first-order chi connectivity index (χ1) is 6.91. The number of halogens is 2. The SMILES string of the molecule is CC(C)Oc1cc(Cl)c([N+](=O)[O-])cc1Cl. The molecule has 0 aliphatic rings. The fourth-order valence-corrected chi connectivity index (χ4v) is 1.43. The number of ether oxygens (including phenoxy) is 1. The fraction of sp³-hybridized carbons (Fsp3) is 0.333. The normalized spacial score (nSPS) is 10.5. The molecule has 0 aromatic heterocycles. The molecule has 0 spiro atoms. The van der Waals surface area contributed by atoms with Crippen molar-refractivity contribution in [3.05, 3.63) is 32.3 Å². The third-order valence-corrected chi connectivity index (χ3v) is 2.16. The van der Waals surface area contributed by atoms with Crippen LogP contribution in [0, 0.1) is 10.1 Å². The van der Waals surface area contributed by atoms with Crippen molar-refractivity contribution in [3.63, 3.8) is 0 Å². The molecule has 0 aliphatic heterocycles. The molecule has 6 heteroatoms. The standard InChI is InChI=1S/C9H9Cl2NO3/c1-5(2)15-9-4-6(10)8(12(13)14)3-7(9)11/h3-5H,1-2H3. The highest BCUT2D eigenvalue weighted by molar-refractivity contribution is 6.35. The van der Waals surface area contributed by atoms with Gasteiger partial charge in [0.25, 0.3) is 5.69 Å². The second-order valence-corrected chi connectivity index (χ2v) is 3.97. The highest BCUT2D eigenvalue weighted by Crippen LogP contribution is 2.35. The molecule has 0 aliphatic carbocycles. The van der Waals surface area contributed by atoms with Crippen LogP contribution in [-0.4, -0.2) is 11.0 Å². The van der Waals surface area contributed by atoms with Crippen LogP contribution in [0.3, 0.4) is 0 Å². The first-order valence-electron chi connectivity index (χ1n) is 4.22. The lowest BCUT2D eigenvalue weighted by Gasteiger charge is -2.11. The van der Waals surface area contributed by atoms with Crippen LogP contribution in [0.5, 0.6) is 5.75 Å². The lowest BCUT2D eigenvalue weighted by Crippen LogP contribution is -2.06. The van der Waals surface area contributed by atoms with Gasteiger partial charge >= 0.3 is 0 Å². The monoisotopic (exact) mass is 249 g/mol. The molecular formula is C9H9Cl2NO3. The maximum absolute atomic E-state index is 10.5. The van der Waals surface area contributed by atoms with Crippen LogP contribution < -0.4 is 4.74 Å². The van der Waals surface area contributed by atoms with Crippen LogP contribution in [0.4, 0.5) is 5.69 Å². The summed E-state index contributed by atoms with van der Waals surface area (Å²) in [7, 11) is 0. The molecule has 0 bridgehead atoms. The summed E-state index contributed by atoms with van der Waals surface area (Å²) in [5, 5.41) is 10.7. The summed E-state index contributed by atoms with van der Waals surface area (Å²) in [5.74, 6) is 0.349. The number of benzene rings is 1. The molecule has 0 fully saturated rings. The molecule has 1 aromatic rings. The van der Waals surface area contributed by atoms with E-state index in [1.807, 2.05) is 13.8 Å². The molecular weight excluding hydrogens is 241 g/mol. The largest absolute Gasteiger partial charge is 0.489 e. The van der Waals surface area contributed by atoms with Crippen LogP contribution in [0.15, 0.2) is 12.1 Å². The summed E-state index contributed by atoms with van der Waals surface area (Å²) < 4.78 is 5.32. The van der Waals surface area contributed by atoms with Gasteiger partial charge in [0.1, 0.15) is 10.8 Å². The minimum absolute atomic E-state index is 0.0139. The second-order valence-electron chi connectivity index (χ2n) is 3.16. The van der Waals surface area contributed by atoms with Gasteiger partial charge in [0.2, 0.25) is 0 Å². The van der Waals surface area contributed by atoms with Crippen molar-refractivity contribution in [1.29, 1.82) is 0 Å². The van der Waals surface area contributed by atoms with Gasteiger partial charge in [-0.15, -0.1) is 0 Å². The third kappa shape index (κ3) is 2.97. The van der Waals surface area contributed by atoms with Crippen molar-refractivity contribution < 1.29 is 9.66 Å². The van der Waals surface area contributed by atoms with Gasteiger partial charge in [-0.2, -0.15) is 0 Å². The molecule has 0 amide bonds. The van der Waals surface area contributed by atoms with Gasteiger partial charge in [-0.1, -0.05) is 23.2 Å². The minimum Gasteiger partial charge on any atom is -0.489 e. The molecule has 4 nitrogen and oxygen atoms in total. The number of nitro benzene ring substituents is 1. The van der Waals surface area contributed by atoms with Gasteiger partial charge < -0.3 is 4.74 Å². The van der Waals surface area contributed by atoms with Gasteiger partial charge in [0.05, 0.1) is 16.0 Å². The molecule has 0 N–H and O–H groups in total. The first-order valence-corrected chi connectivity index (χ1v) is 4.97. The minimum atomic E-state index is -0.590. The van der Waals surface area contributed by atoms with Crippen molar-refractivity contribution >= 4 is 28.9 Å². The van der Waals surface area contributed by atoms with Crippen molar-refractivity contribution in [2.75, 3.05) is 0 Å². The predicted molar refractivity (Wildman–Crippen MR) is 58.9 cm³/mol. The molecule has 1 aromatic carbocycles. The molecule has 0 radical (unpaired) electrons. The fourth-order valence-electron chi connectivity index (χ4n) is 1.00. The van der Waals surface area contributed by atoms with Gasteiger partial charge in [-0.3, -0.25) is 10.1 Å². The second kappa shape index (κ2) is 4.68. The maximum Gasteiger partial charge on any atom is 0.289 e. The molecule has 0 unspecified atom stereocenters. The van der Waals surface area contributed by atoms with Crippen molar-refractivity contribution in [2.24, 2.45) is 0 Å². The summed E-state index contributed by atoms with van der Waals surface area (Å²) in [6, 6.07) is 2.53. The van der Waals surface area contributed by atoms with Gasteiger partial charge in [0, 0.05) is 12.1 Å². The molecule has 82 valence electrons. The summed E-state index contributed by atoms with van der Waals surface area (Å²) in [5.41, 5.74) is -0.224. The predicted octanol–water partition coefficient (Wildman–Crippen LogP) is 3.69. The van der Waals surface area contributed by atoms with Crippen molar-refractivity contribution in [1.82, 2.24) is 0 Å². The van der Waals surface area contributed by atoms with E-state index in [1.165, 1.54) is 12.1 Å². The smallest absolute Gasteiger partial charge is 0.289 e. The molecule has 0 saturated heterocycles. The van der Waals surface area contributed by atoms with Crippen LogP contribution in [0.1, 0.15) is 13.8 Å². The van der Waals surface area contributed by atoms with E-state index >= 15 is 0 Å². The molecule has 0 heterocycles. The highest BCUT2D eigenvalue weighted by Gasteiger charge is 2.17. The number of nitro groups is 1. The van der Waals surface area contributed by atoms with Gasteiger partial charge in [-0.05, 0) is 13.8 Å². The lowest BCUT2D eigenvalue weighted by atomic mass is 10.3. The van der Waals surface area contributed by atoms with Crippen LogP contribution in [0.2, 0.25) is 10.0 Å². The molecule has 15 heavy (non-hydrogen) atoms. The van der Waals surface area contributed by atoms with Crippen LogP contribution in [-0.2, 0) is 0 Å². The number of nitrogens with zero attached hydrogens (tertiary/aromatic N) is 1. The molecule has 1 rings (SSSR count). The Bertz CT molecular complexity index is 393. The van der Waals surface area contributed by atoms with Crippen LogP contribution >= 0.6 is 23.2 Å². The van der Waals surface area contributed by atoms with Gasteiger partial charge in [-0.25, -0.2) is 0 Å². The Kier molecular flexibility index (Phi) is 3.77. The highest BCUT2D eigenvalue weighted by atomic mass is 35.5. The van der Waals surface area contributed by atoms with E-state index in [1.54, 1.807) is 0 Å². The Labute approximate surface area is 96.9 Å². The zero-order valence-corrected chi connectivity index (χ0v) is 9.67. The Balaban J connectivity index is 3.13. The topological polar surface area (TPSA) is 52.4 Å². The van der Waals surface area contributed by atoms with Crippen molar-refractivity contribution in [2.45, 2.75) is 20.0 Å². The van der Waals surface area contributed by atoms with E-state index in [4.69, 9.17) is 27.9 Å². The Morgan fingerprint density at radius 2 is 1.93 bits per heavy atom. The Hall–Kier alpha value is -1.00. The number of hydrogen-bond acceptors (Lipinski definition) is 3. The average molecular weight is 250 g/mol. The Morgan fingerprint density at radius 1 is 1.33 bits per heavy atom.